The molecule has 0 unspecified atom stereocenters. The van der Waals surface area contributed by atoms with Crippen molar-refractivity contribution in [2.75, 3.05) is 24.7 Å². The molecule has 22 heavy (non-hydrogen) atoms. The maximum Gasteiger partial charge on any atom is 0.229 e. The van der Waals surface area contributed by atoms with Crippen LogP contribution in [0.2, 0.25) is 0 Å². The van der Waals surface area contributed by atoms with E-state index in [4.69, 9.17) is 9.47 Å². The molecule has 0 aliphatic carbocycles. The molecule has 2 amide bonds. The van der Waals surface area contributed by atoms with Gasteiger partial charge in [-0.1, -0.05) is 6.92 Å². The number of anilines is 1. The molecule has 0 radical (unpaired) electrons. The average Bonchev–Trinajstić information content (AvgIpc) is 2.87. The summed E-state index contributed by atoms with van der Waals surface area (Å²) in [6.07, 6.45) is 1.64. The first kappa shape index (κ1) is 14.7. The molecular weight excluding hydrogens is 284 g/mol. The third-order valence-electron chi connectivity index (χ3n) is 3.80. The van der Waals surface area contributed by atoms with Gasteiger partial charge in [0.05, 0.1) is 6.04 Å². The Balaban J connectivity index is 1.70. The molecule has 1 atom stereocenters. The zero-order valence-electron chi connectivity index (χ0n) is 12.6. The van der Waals surface area contributed by atoms with E-state index in [1.807, 2.05) is 25.1 Å². The fraction of sp³-hybridized carbons (Fsp3) is 0.500. The summed E-state index contributed by atoms with van der Waals surface area (Å²) in [5.74, 6) is 1.38. The second-order valence-electron chi connectivity index (χ2n) is 5.55. The van der Waals surface area contributed by atoms with E-state index in [1.54, 1.807) is 4.90 Å². The van der Waals surface area contributed by atoms with Crippen LogP contribution in [0.1, 0.15) is 26.2 Å². The number of ether oxygens (including phenoxy) is 2. The van der Waals surface area contributed by atoms with Gasteiger partial charge in [0.25, 0.3) is 0 Å². The summed E-state index contributed by atoms with van der Waals surface area (Å²) in [5.41, 5.74) is 0.779. The van der Waals surface area contributed by atoms with Gasteiger partial charge in [-0.25, -0.2) is 0 Å². The van der Waals surface area contributed by atoms with Crippen molar-refractivity contribution < 1.29 is 19.1 Å². The van der Waals surface area contributed by atoms with Crippen molar-refractivity contribution in [3.8, 4) is 11.5 Å². The van der Waals surface area contributed by atoms with E-state index in [2.05, 4.69) is 5.32 Å². The van der Waals surface area contributed by atoms with Crippen LogP contribution in [0, 0.1) is 0 Å². The lowest BCUT2D eigenvalue weighted by molar-refractivity contribution is -0.121. The molecule has 6 heteroatoms. The van der Waals surface area contributed by atoms with E-state index >= 15 is 0 Å². The average molecular weight is 304 g/mol. The van der Waals surface area contributed by atoms with E-state index in [0.29, 0.717) is 44.1 Å². The van der Waals surface area contributed by atoms with E-state index < -0.39 is 0 Å². The minimum atomic E-state index is -0.125. The van der Waals surface area contributed by atoms with Gasteiger partial charge >= 0.3 is 0 Å². The highest BCUT2D eigenvalue weighted by Crippen LogP contribution is 2.35. The van der Waals surface area contributed by atoms with Crippen molar-refractivity contribution in [1.29, 1.82) is 0 Å². The predicted octanol–water partition coefficient (Wildman–Crippen LogP) is 1.48. The van der Waals surface area contributed by atoms with Crippen LogP contribution in [0.15, 0.2) is 18.2 Å². The summed E-state index contributed by atoms with van der Waals surface area (Å²) < 4.78 is 11.0. The van der Waals surface area contributed by atoms with Crippen LogP contribution in [0.3, 0.4) is 0 Å². The van der Waals surface area contributed by atoms with Crippen molar-refractivity contribution in [1.82, 2.24) is 5.32 Å². The Morgan fingerprint density at radius 1 is 1.32 bits per heavy atom. The molecular formula is C16H20N2O4. The molecule has 0 spiro atoms. The van der Waals surface area contributed by atoms with Gasteiger partial charge in [0.15, 0.2) is 11.5 Å². The lowest BCUT2D eigenvalue weighted by Gasteiger charge is -2.22. The number of carbonyl (C=O) groups is 2. The smallest absolute Gasteiger partial charge is 0.229 e. The minimum Gasteiger partial charge on any atom is -0.486 e. The van der Waals surface area contributed by atoms with Crippen LogP contribution < -0.4 is 19.7 Å². The molecule has 0 saturated carbocycles. The molecule has 1 aromatic carbocycles. The standard InChI is InChI=1S/C16H20N2O4/c1-2-3-15(19)17-11-8-16(20)18(10-11)12-4-5-13-14(9-12)22-7-6-21-13/h4-5,9,11H,2-3,6-8,10H2,1H3,(H,17,19)/t11-/m0/s1. The van der Waals surface area contributed by atoms with Gasteiger partial charge in [-0.2, -0.15) is 0 Å². The van der Waals surface area contributed by atoms with Gasteiger partial charge in [0, 0.05) is 31.1 Å². The molecule has 2 aliphatic heterocycles. The Kier molecular flexibility index (Phi) is 4.18. The summed E-state index contributed by atoms with van der Waals surface area (Å²) in [4.78, 5) is 25.5. The summed E-state index contributed by atoms with van der Waals surface area (Å²) in [5, 5.41) is 2.91. The summed E-state index contributed by atoms with van der Waals surface area (Å²) >= 11 is 0. The van der Waals surface area contributed by atoms with Gasteiger partial charge in [0.1, 0.15) is 13.2 Å². The summed E-state index contributed by atoms with van der Waals surface area (Å²) in [6, 6.07) is 5.37. The Morgan fingerprint density at radius 2 is 2.09 bits per heavy atom. The molecule has 3 rings (SSSR count). The summed E-state index contributed by atoms with van der Waals surface area (Å²) in [6.45, 7) is 3.51. The third kappa shape index (κ3) is 3.00. The van der Waals surface area contributed by atoms with Gasteiger partial charge in [-0.05, 0) is 18.6 Å². The number of fused-ring (bicyclic) bond motifs is 1. The largest absolute Gasteiger partial charge is 0.486 e. The Hall–Kier alpha value is -2.24. The highest BCUT2D eigenvalue weighted by Gasteiger charge is 2.32. The maximum absolute atomic E-state index is 12.2. The fourth-order valence-electron chi connectivity index (χ4n) is 2.78. The number of nitrogens with zero attached hydrogens (tertiary/aromatic N) is 1. The second kappa shape index (κ2) is 6.25. The number of rotatable bonds is 4. The van der Waals surface area contributed by atoms with Crippen molar-refractivity contribution in [2.45, 2.75) is 32.2 Å². The van der Waals surface area contributed by atoms with Crippen LogP contribution in [0.5, 0.6) is 11.5 Å². The van der Waals surface area contributed by atoms with Gasteiger partial charge in [-0.3, -0.25) is 9.59 Å². The maximum atomic E-state index is 12.2. The minimum absolute atomic E-state index is 0.00400. The van der Waals surface area contributed by atoms with Crippen LogP contribution >= 0.6 is 0 Å². The molecule has 1 N–H and O–H groups in total. The van der Waals surface area contributed by atoms with Crippen molar-refractivity contribution in [2.24, 2.45) is 0 Å². The van der Waals surface area contributed by atoms with Gasteiger partial charge < -0.3 is 19.7 Å². The summed E-state index contributed by atoms with van der Waals surface area (Å²) in [7, 11) is 0. The van der Waals surface area contributed by atoms with Crippen molar-refractivity contribution in [3.05, 3.63) is 18.2 Å². The van der Waals surface area contributed by atoms with E-state index in [-0.39, 0.29) is 17.9 Å². The lowest BCUT2D eigenvalue weighted by atomic mass is 10.2. The number of hydrogen-bond donors (Lipinski definition) is 1. The quantitative estimate of drug-likeness (QED) is 0.915. The zero-order valence-corrected chi connectivity index (χ0v) is 12.6. The Bertz CT molecular complexity index is 588. The molecule has 0 bridgehead atoms. The number of amides is 2. The van der Waals surface area contributed by atoms with Crippen molar-refractivity contribution in [3.63, 3.8) is 0 Å². The first-order valence-electron chi connectivity index (χ1n) is 7.66. The number of nitrogens with one attached hydrogen (secondary N) is 1. The topological polar surface area (TPSA) is 67.9 Å². The van der Waals surface area contributed by atoms with Crippen LogP contribution in [0.4, 0.5) is 5.69 Å². The first-order valence-corrected chi connectivity index (χ1v) is 7.66. The second-order valence-corrected chi connectivity index (χ2v) is 5.55. The molecule has 1 saturated heterocycles. The molecule has 0 aromatic heterocycles. The number of benzene rings is 1. The fourth-order valence-corrected chi connectivity index (χ4v) is 2.78. The normalized spacial score (nSPS) is 20.1. The first-order chi connectivity index (χ1) is 10.7. The number of carbonyl (C=O) groups excluding carboxylic acids is 2. The molecule has 118 valence electrons. The number of hydrogen-bond acceptors (Lipinski definition) is 4. The van der Waals surface area contributed by atoms with Crippen LogP contribution in [-0.4, -0.2) is 37.6 Å². The van der Waals surface area contributed by atoms with Crippen LogP contribution in [0.25, 0.3) is 0 Å². The van der Waals surface area contributed by atoms with Crippen LogP contribution in [-0.2, 0) is 9.59 Å². The lowest BCUT2D eigenvalue weighted by Crippen LogP contribution is -2.37. The third-order valence-corrected chi connectivity index (χ3v) is 3.80. The molecule has 1 aromatic rings. The SMILES string of the molecule is CCCC(=O)N[C@H]1CC(=O)N(c2ccc3c(c2)OCCO3)C1. The highest BCUT2D eigenvalue weighted by atomic mass is 16.6. The monoisotopic (exact) mass is 304 g/mol. The molecule has 1 fully saturated rings. The van der Waals surface area contributed by atoms with E-state index in [9.17, 15) is 9.59 Å². The van der Waals surface area contributed by atoms with Gasteiger partial charge in [-0.15, -0.1) is 0 Å². The van der Waals surface area contributed by atoms with E-state index in [0.717, 1.165) is 12.1 Å². The molecule has 2 aliphatic rings. The Morgan fingerprint density at radius 3 is 2.86 bits per heavy atom. The van der Waals surface area contributed by atoms with E-state index in [1.165, 1.54) is 0 Å². The van der Waals surface area contributed by atoms with Crippen molar-refractivity contribution >= 4 is 17.5 Å². The van der Waals surface area contributed by atoms with Gasteiger partial charge in [0.2, 0.25) is 11.8 Å². The zero-order chi connectivity index (χ0) is 15.5. The Labute approximate surface area is 129 Å². The molecule has 2 heterocycles. The highest BCUT2D eigenvalue weighted by molar-refractivity contribution is 5.97. The molecule has 6 nitrogen and oxygen atoms in total. The predicted molar refractivity (Wildman–Crippen MR) is 81.2 cm³/mol.